The van der Waals surface area contributed by atoms with E-state index in [1.54, 1.807) is 35.6 Å². The first kappa shape index (κ1) is 21.7. The number of aromatic nitrogens is 2. The van der Waals surface area contributed by atoms with Gasteiger partial charge in [-0.3, -0.25) is 24.3 Å². The largest absolute Gasteiger partial charge is 0.271 e. The Balaban J connectivity index is 1.32. The van der Waals surface area contributed by atoms with Gasteiger partial charge in [0.25, 0.3) is 17.2 Å². The molecule has 5 rings (SSSR count). The maximum absolute atomic E-state index is 13.2. The number of hydrazone groups is 1. The van der Waals surface area contributed by atoms with Crippen LogP contribution < -0.4 is 11.0 Å². The van der Waals surface area contributed by atoms with Crippen molar-refractivity contribution in [1.82, 2.24) is 15.0 Å². The molecule has 0 atom stereocenters. The molecule has 0 aliphatic heterocycles. The number of aryl methyl sites for hydroxylation is 2. The van der Waals surface area contributed by atoms with Gasteiger partial charge in [0, 0.05) is 22.6 Å². The lowest BCUT2D eigenvalue weighted by Gasteiger charge is -2.10. The van der Waals surface area contributed by atoms with Gasteiger partial charge in [0.2, 0.25) is 0 Å². The lowest BCUT2D eigenvalue weighted by atomic mass is 9.97. The third-order valence-corrected chi connectivity index (χ3v) is 6.97. The van der Waals surface area contributed by atoms with Gasteiger partial charge in [-0.05, 0) is 73.2 Å². The number of benzene rings is 2. The third-order valence-electron chi connectivity index (χ3n) is 5.77. The number of nitrogens with one attached hydrogen (secondary N) is 1. The monoisotopic (exact) mass is 473 g/mol. The molecule has 170 valence electrons. The van der Waals surface area contributed by atoms with E-state index < -0.39 is 10.8 Å². The number of nitrogens with zero attached hydrogens (tertiary/aromatic N) is 4. The highest BCUT2D eigenvalue weighted by Gasteiger charge is 2.20. The Morgan fingerprint density at radius 3 is 2.59 bits per heavy atom. The molecule has 0 saturated carbocycles. The van der Waals surface area contributed by atoms with Gasteiger partial charge in [0.05, 0.1) is 22.2 Å². The standard InChI is InChI=1S/C24H19N5O4S/c30-22(27-26-13-15-5-9-18(10-6-15)29(32)33)16-7-11-17(12-8-16)28-14-25-23-21(24(28)31)19-3-1-2-4-20(19)34-23/h5-14H,1-4H2,(H,27,30)/b26-13-. The van der Waals surface area contributed by atoms with E-state index in [0.717, 1.165) is 36.1 Å². The lowest BCUT2D eigenvalue weighted by Crippen LogP contribution is -2.20. The summed E-state index contributed by atoms with van der Waals surface area (Å²) >= 11 is 1.61. The maximum atomic E-state index is 13.2. The molecule has 0 unspecified atom stereocenters. The molecular weight excluding hydrogens is 454 g/mol. The topological polar surface area (TPSA) is 119 Å². The Kier molecular flexibility index (Phi) is 5.72. The Labute approximate surface area is 197 Å². The molecule has 0 spiro atoms. The number of carbonyl (C=O) groups is 1. The summed E-state index contributed by atoms with van der Waals surface area (Å²) in [5, 5.41) is 15.3. The van der Waals surface area contributed by atoms with Crippen LogP contribution in [0, 0.1) is 10.1 Å². The Morgan fingerprint density at radius 2 is 1.85 bits per heavy atom. The third kappa shape index (κ3) is 4.11. The van der Waals surface area contributed by atoms with Crippen molar-refractivity contribution in [1.29, 1.82) is 0 Å². The Hall–Kier alpha value is -4.18. The van der Waals surface area contributed by atoms with Crippen LogP contribution in [-0.2, 0) is 12.8 Å². The second-order valence-electron chi connectivity index (χ2n) is 7.91. The fourth-order valence-electron chi connectivity index (χ4n) is 4.02. The molecular formula is C24H19N5O4S. The van der Waals surface area contributed by atoms with E-state index in [1.165, 1.54) is 46.3 Å². The van der Waals surface area contributed by atoms with E-state index >= 15 is 0 Å². The Morgan fingerprint density at radius 1 is 1.12 bits per heavy atom. The SMILES string of the molecule is O=C(N/N=C\c1ccc([N+](=O)[O-])cc1)c1ccc(-n2cnc3sc4c(c3c2=O)CCCC4)cc1. The second kappa shape index (κ2) is 8.99. The fraction of sp³-hybridized carbons (Fsp3) is 0.167. The fourth-order valence-corrected chi connectivity index (χ4v) is 5.23. The second-order valence-corrected chi connectivity index (χ2v) is 8.99. The van der Waals surface area contributed by atoms with Crippen LogP contribution in [0.1, 0.15) is 39.2 Å². The van der Waals surface area contributed by atoms with Gasteiger partial charge >= 0.3 is 0 Å². The lowest BCUT2D eigenvalue weighted by molar-refractivity contribution is -0.384. The van der Waals surface area contributed by atoms with Crippen LogP contribution in [0.5, 0.6) is 0 Å². The van der Waals surface area contributed by atoms with Gasteiger partial charge in [0.1, 0.15) is 11.2 Å². The number of hydrogen-bond acceptors (Lipinski definition) is 7. The number of nitro benzene ring substituents is 1. The number of non-ortho nitro benzene ring substituents is 1. The van der Waals surface area contributed by atoms with Crippen molar-refractivity contribution in [2.24, 2.45) is 5.10 Å². The van der Waals surface area contributed by atoms with Crippen molar-refractivity contribution in [2.75, 3.05) is 0 Å². The predicted octanol–water partition coefficient (Wildman–Crippen LogP) is 4.00. The van der Waals surface area contributed by atoms with Crippen LogP contribution in [0.4, 0.5) is 5.69 Å². The summed E-state index contributed by atoms with van der Waals surface area (Å²) in [7, 11) is 0. The van der Waals surface area contributed by atoms with E-state index in [9.17, 15) is 19.7 Å². The summed E-state index contributed by atoms with van der Waals surface area (Å²) in [5.41, 5.74) is 5.07. The molecule has 2 aromatic carbocycles. The van der Waals surface area contributed by atoms with E-state index in [-0.39, 0.29) is 11.2 Å². The predicted molar refractivity (Wildman–Crippen MR) is 130 cm³/mol. The van der Waals surface area contributed by atoms with Crippen molar-refractivity contribution in [3.8, 4) is 5.69 Å². The van der Waals surface area contributed by atoms with Crippen LogP contribution in [0.2, 0.25) is 0 Å². The van der Waals surface area contributed by atoms with Gasteiger partial charge in [0.15, 0.2) is 0 Å². The number of fused-ring (bicyclic) bond motifs is 3. The molecule has 10 heteroatoms. The molecule has 1 aliphatic rings. The molecule has 0 saturated heterocycles. The van der Waals surface area contributed by atoms with Gasteiger partial charge < -0.3 is 0 Å². The molecule has 1 aliphatic carbocycles. The zero-order valence-corrected chi connectivity index (χ0v) is 18.7. The average molecular weight is 474 g/mol. The summed E-state index contributed by atoms with van der Waals surface area (Å²) in [6.45, 7) is 0. The van der Waals surface area contributed by atoms with Crippen molar-refractivity contribution in [3.63, 3.8) is 0 Å². The first-order valence-electron chi connectivity index (χ1n) is 10.7. The number of nitro groups is 1. The molecule has 4 aromatic rings. The summed E-state index contributed by atoms with van der Waals surface area (Å²) in [4.78, 5) is 42.4. The van der Waals surface area contributed by atoms with Crippen LogP contribution in [-0.4, -0.2) is 26.6 Å². The highest BCUT2D eigenvalue weighted by Crippen LogP contribution is 2.33. The van der Waals surface area contributed by atoms with Crippen molar-refractivity contribution in [2.45, 2.75) is 25.7 Å². The maximum Gasteiger partial charge on any atom is 0.271 e. The smallest absolute Gasteiger partial charge is 0.268 e. The minimum absolute atomic E-state index is 0.0198. The first-order valence-corrected chi connectivity index (χ1v) is 11.5. The van der Waals surface area contributed by atoms with E-state index in [4.69, 9.17) is 0 Å². The Bertz CT molecular complexity index is 1490. The number of hydrogen-bond donors (Lipinski definition) is 1. The average Bonchev–Trinajstić information content (AvgIpc) is 3.24. The zero-order valence-electron chi connectivity index (χ0n) is 17.9. The molecule has 1 N–H and O–H groups in total. The molecule has 2 aromatic heterocycles. The normalized spacial score (nSPS) is 13.2. The number of rotatable bonds is 5. The quantitative estimate of drug-likeness (QED) is 0.267. The summed E-state index contributed by atoms with van der Waals surface area (Å²) < 4.78 is 1.51. The van der Waals surface area contributed by atoms with Gasteiger partial charge in [-0.1, -0.05) is 0 Å². The van der Waals surface area contributed by atoms with Crippen molar-refractivity contribution < 1.29 is 9.72 Å². The van der Waals surface area contributed by atoms with Gasteiger partial charge in [-0.25, -0.2) is 10.4 Å². The van der Waals surface area contributed by atoms with Crippen LogP contribution in [0.3, 0.4) is 0 Å². The zero-order chi connectivity index (χ0) is 23.7. The number of amides is 1. The summed E-state index contributed by atoms with van der Waals surface area (Å²) in [6.07, 6.45) is 7.09. The molecule has 1 amide bonds. The number of thiophene rings is 1. The summed E-state index contributed by atoms with van der Waals surface area (Å²) in [6, 6.07) is 12.4. The van der Waals surface area contributed by atoms with Gasteiger partial charge in [-0.15, -0.1) is 11.3 Å². The van der Waals surface area contributed by atoms with E-state index in [0.29, 0.717) is 22.2 Å². The molecule has 0 radical (unpaired) electrons. The van der Waals surface area contributed by atoms with Crippen LogP contribution in [0.25, 0.3) is 15.9 Å². The van der Waals surface area contributed by atoms with Crippen LogP contribution >= 0.6 is 11.3 Å². The molecule has 2 heterocycles. The van der Waals surface area contributed by atoms with E-state index in [2.05, 4.69) is 15.5 Å². The molecule has 34 heavy (non-hydrogen) atoms. The highest BCUT2D eigenvalue weighted by atomic mass is 32.1. The van der Waals surface area contributed by atoms with Crippen molar-refractivity contribution >= 4 is 39.4 Å². The minimum Gasteiger partial charge on any atom is -0.268 e. The van der Waals surface area contributed by atoms with Crippen LogP contribution in [0.15, 0.2) is 64.8 Å². The minimum atomic E-state index is -0.483. The summed E-state index contributed by atoms with van der Waals surface area (Å²) in [5.74, 6) is -0.419. The first-order chi connectivity index (χ1) is 16.5. The van der Waals surface area contributed by atoms with Gasteiger partial charge in [-0.2, -0.15) is 5.10 Å². The van der Waals surface area contributed by atoms with Crippen molar-refractivity contribution in [3.05, 3.63) is 96.9 Å². The molecule has 0 fully saturated rings. The van der Waals surface area contributed by atoms with E-state index in [1.807, 2.05) is 0 Å². The number of carbonyl (C=O) groups excluding carboxylic acids is 1. The molecule has 0 bridgehead atoms. The molecule has 9 nitrogen and oxygen atoms in total. The highest BCUT2D eigenvalue weighted by molar-refractivity contribution is 7.18.